The molecular weight excluding hydrogens is 512 g/mol. The van der Waals surface area contributed by atoms with Crippen LogP contribution >= 0.6 is 0 Å². The molecule has 0 bridgehead atoms. The lowest BCUT2D eigenvalue weighted by Gasteiger charge is -2.30. The third kappa shape index (κ3) is 6.19. The van der Waals surface area contributed by atoms with E-state index >= 15 is 0 Å². The van der Waals surface area contributed by atoms with Crippen LogP contribution in [0.5, 0.6) is 0 Å². The van der Waals surface area contributed by atoms with Gasteiger partial charge in [-0.2, -0.15) is 0 Å². The summed E-state index contributed by atoms with van der Waals surface area (Å²) in [5, 5.41) is 0. The first-order chi connectivity index (χ1) is 20.1. The molecular formula is C38H54N4. The number of aliphatic imine (C=N–C) groups is 2. The standard InChI is InChI=1S/C38H54N4/c1-37(2,3)29-19-13-21-31(23-29)41-25-33(27-15-9-7-10-16-27)39-35(41)36-40-34(28-17-11-8-12-18-28)26-42(36)32-22-14-20-30(24-32)38(4,5)6/h13-14,19-24,27-28,33-34H,7-12,15-18,25-26H2,1-6H3/t33-,34-/m1/s1. The summed E-state index contributed by atoms with van der Waals surface area (Å²) in [4.78, 5) is 16.4. The zero-order valence-corrected chi connectivity index (χ0v) is 27.2. The fraction of sp³-hybridized carbons (Fsp3) is 0.632. The highest BCUT2D eigenvalue weighted by Gasteiger charge is 2.41. The molecule has 2 atom stereocenters. The molecule has 4 heteroatoms. The molecule has 226 valence electrons. The van der Waals surface area contributed by atoms with Gasteiger partial charge in [0.05, 0.1) is 12.1 Å². The minimum atomic E-state index is 0.103. The van der Waals surface area contributed by atoms with Crippen molar-refractivity contribution < 1.29 is 0 Å². The summed E-state index contributed by atoms with van der Waals surface area (Å²) in [6, 6.07) is 19.2. The highest BCUT2D eigenvalue weighted by atomic mass is 15.4. The fourth-order valence-corrected chi connectivity index (χ4v) is 7.72. The Hall–Kier alpha value is -2.62. The van der Waals surface area contributed by atoms with Crippen LogP contribution in [0.25, 0.3) is 0 Å². The van der Waals surface area contributed by atoms with Gasteiger partial charge in [0.2, 0.25) is 0 Å². The number of nitrogens with zero attached hydrogens (tertiary/aromatic N) is 4. The lowest BCUT2D eigenvalue weighted by molar-refractivity contribution is 0.315. The number of benzene rings is 2. The molecule has 4 nitrogen and oxygen atoms in total. The first-order valence-corrected chi connectivity index (χ1v) is 17.0. The van der Waals surface area contributed by atoms with Crippen LogP contribution in [0.4, 0.5) is 11.4 Å². The van der Waals surface area contributed by atoms with E-state index in [1.165, 1.54) is 86.7 Å². The molecule has 0 saturated heterocycles. The van der Waals surface area contributed by atoms with Gasteiger partial charge in [-0.1, -0.05) is 104 Å². The van der Waals surface area contributed by atoms with Crippen molar-refractivity contribution in [3.05, 3.63) is 59.7 Å². The molecule has 2 heterocycles. The van der Waals surface area contributed by atoms with Gasteiger partial charge in [0.15, 0.2) is 11.7 Å². The Kier molecular flexibility index (Phi) is 8.28. The van der Waals surface area contributed by atoms with E-state index in [4.69, 9.17) is 9.98 Å². The minimum Gasteiger partial charge on any atom is -0.321 e. The van der Waals surface area contributed by atoms with Gasteiger partial charge in [0.25, 0.3) is 0 Å². The third-order valence-corrected chi connectivity index (χ3v) is 10.5. The highest BCUT2D eigenvalue weighted by Crippen LogP contribution is 2.38. The first kappa shape index (κ1) is 29.5. The number of hydrogen-bond donors (Lipinski definition) is 0. The molecule has 0 spiro atoms. The summed E-state index contributed by atoms with van der Waals surface area (Å²) < 4.78 is 0. The van der Waals surface area contributed by atoms with Crippen LogP contribution in [0.3, 0.4) is 0 Å². The predicted octanol–water partition coefficient (Wildman–Crippen LogP) is 9.32. The molecule has 2 fully saturated rings. The molecule has 2 aromatic carbocycles. The van der Waals surface area contributed by atoms with E-state index in [0.717, 1.165) is 24.8 Å². The summed E-state index contributed by atoms with van der Waals surface area (Å²) >= 11 is 0. The Morgan fingerprint density at radius 2 is 0.929 bits per heavy atom. The number of anilines is 2. The summed E-state index contributed by atoms with van der Waals surface area (Å²) in [6.45, 7) is 15.8. The maximum absolute atomic E-state index is 5.64. The Labute approximate surface area is 255 Å². The van der Waals surface area contributed by atoms with Crippen LogP contribution in [0, 0.1) is 11.8 Å². The van der Waals surface area contributed by atoms with Crippen molar-refractivity contribution in [2.75, 3.05) is 22.9 Å². The quantitative estimate of drug-likeness (QED) is 0.361. The number of amidine groups is 2. The van der Waals surface area contributed by atoms with E-state index in [0.29, 0.717) is 23.9 Å². The molecule has 0 amide bonds. The average molecular weight is 567 g/mol. The van der Waals surface area contributed by atoms with Gasteiger partial charge in [-0.05, 0) is 83.7 Å². The molecule has 0 N–H and O–H groups in total. The van der Waals surface area contributed by atoms with Crippen molar-refractivity contribution in [3.63, 3.8) is 0 Å². The summed E-state index contributed by atoms with van der Waals surface area (Å²) in [7, 11) is 0. The molecule has 2 aromatic rings. The monoisotopic (exact) mass is 566 g/mol. The Morgan fingerprint density at radius 1 is 0.548 bits per heavy atom. The topological polar surface area (TPSA) is 31.2 Å². The summed E-state index contributed by atoms with van der Waals surface area (Å²) in [6.07, 6.45) is 13.4. The summed E-state index contributed by atoms with van der Waals surface area (Å²) in [5.41, 5.74) is 5.50. The van der Waals surface area contributed by atoms with E-state index in [1.54, 1.807) is 0 Å². The zero-order chi connectivity index (χ0) is 29.5. The van der Waals surface area contributed by atoms with Gasteiger partial charge in [0, 0.05) is 24.5 Å². The van der Waals surface area contributed by atoms with Crippen molar-refractivity contribution in [2.45, 2.75) is 129 Å². The Balaban J connectivity index is 1.43. The molecule has 2 aliphatic carbocycles. The normalized spacial score (nSPS) is 24.7. The molecule has 4 aliphatic rings. The summed E-state index contributed by atoms with van der Waals surface area (Å²) in [5.74, 6) is 3.57. The molecule has 6 rings (SSSR count). The van der Waals surface area contributed by atoms with Crippen LogP contribution in [0.1, 0.15) is 117 Å². The predicted molar refractivity (Wildman–Crippen MR) is 181 cm³/mol. The van der Waals surface area contributed by atoms with Crippen LogP contribution in [0.2, 0.25) is 0 Å². The van der Waals surface area contributed by atoms with Crippen LogP contribution in [-0.2, 0) is 10.8 Å². The van der Waals surface area contributed by atoms with Crippen molar-refractivity contribution in [3.8, 4) is 0 Å². The lowest BCUT2D eigenvalue weighted by atomic mass is 9.84. The average Bonchev–Trinajstić information content (AvgIpc) is 3.63. The third-order valence-electron chi connectivity index (χ3n) is 10.5. The van der Waals surface area contributed by atoms with Crippen LogP contribution in [0.15, 0.2) is 58.5 Å². The van der Waals surface area contributed by atoms with Crippen LogP contribution in [-0.4, -0.2) is 36.8 Å². The zero-order valence-electron chi connectivity index (χ0n) is 27.2. The molecule has 2 saturated carbocycles. The van der Waals surface area contributed by atoms with E-state index in [1.807, 2.05) is 0 Å². The number of hydrogen-bond acceptors (Lipinski definition) is 4. The first-order valence-electron chi connectivity index (χ1n) is 17.0. The van der Waals surface area contributed by atoms with Crippen molar-refractivity contribution >= 4 is 23.0 Å². The van der Waals surface area contributed by atoms with Gasteiger partial charge >= 0.3 is 0 Å². The lowest BCUT2D eigenvalue weighted by Crippen LogP contribution is -2.43. The van der Waals surface area contributed by atoms with Crippen molar-refractivity contribution in [2.24, 2.45) is 21.8 Å². The maximum Gasteiger partial charge on any atom is 0.172 e. The molecule has 0 unspecified atom stereocenters. The van der Waals surface area contributed by atoms with Gasteiger partial charge in [-0.3, -0.25) is 9.98 Å². The second kappa shape index (κ2) is 11.8. The van der Waals surface area contributed by atoms with E-state index in [9.17, 15) is 0 Å². The second-order valence-corrected chi connectivity index (χ2v) is 15.7. The Bertz CT molecular complexity index is 1200. The van der Waals surface area contributed by atoms with Crippen LogP contribution < -0.4 is 9.80 Å². The van der Waals surface area contributed by atoms with Gasteiger partial charge < -0.3 is 9.80 Å². The molecule has 42 heavy (non-hydrogen) atoms. The van der Waals surface area contributed by atoms with Crippen molar-refractivity contribution in [1.82, 2.24) is 0 Å². The van der Waals surface area contributed by atoms with Crippen molar-refractivity contribution in [1.29, 1.82) is 0 Å². The maximum atomic E-state index is 5.64. The Morgan fingerprint density at radius 3 is 1.29 bits per heavy atom. The largest absolute Gasteiger partial charge is 0.321 e. The van der Waals surface area contributed by atoms with Gasteiger partial charge in [-0.15, -0.1) is 0 Å². The minimum absolute atomic E-state index is 0.103. The van der Waals surface area contributed by atoms with Gasteiger partial charge in [0.1, 0.15) is 0 Å². The highest BCUT2D eigenvalue weighted by molar-refractivity contribution is 6.50. The molecule has 0 aromatic heterocycles. The van der Waals surface area contributed by atoms with E-state index < -0.39 is 0 Å². The smallest absolute Gasteiger partial charge is 0.172 e. The second-order valence-electron chi connectivity index (χ2n) is 15.7. The fourth-order valence-electron chi connectivity index (χ4n) is 7.72. The van der Waals surface area contributed by atoms with E-state index in [-0.39, 0.29) is 10.8 Å². The molecule has 0 radical (unpaired) electrons. The SMILES string of the molecule is CC(C)(C)c1cccc(N2C[C@H](C3CCCCC3)N=C2C2=N[C@@H](C3CCCCC3)CN2c2cccc(C(C)(C)C)c2)c1. The molecule has 2 aliphatic heterocycles. The van der Waals surface area contributed by atoms with Gasteiger partial charge in [-0.25, -0.2) is 0 Å². The van der Waals surface area contributed by atoms with E-state index in [2.05, 4.69) is 99.9 Å². The number of rotatable bonds is 5.